The maximum Gasteiger partial charge on any atom is 0.244 e. The fourth-order valence-corrected chi connectivity index (χ4v) is 3.37. The van der Waals surface area contributed by atoms with E-state index < -0.39 is 0 Å². The molecule has 144 valence electrons. The second-order valence-electron chi connectivity index (χ2n) is 7.60. The number of nitrogens with one attached hydrogen (secondary N) is 1. The van der Waals surface area contributed by atoms with Crippen LogP contribution in [0.4, 0.5) is 0 Å². The summed E-state index contributed by atoms with van der Waals surface area (Å²) in [6.07, 6.45) is 0. The van der Waals surface area contributed by atoms with Gasteiger partial charge in [0, 0.05) is 32.2 Å². The van der Waals surface area contributed by atoms with E-state index in [9.17, 15) is 9.59 Å². The summed E-state index contributed by atoms with van der Waals surface area (Å²) in [5.74, 6) is 0.178. The zero-order valence-corrected chi connectivity index (χ0v) is 16.7. The summed E-state index contributed by atoms with van der Waals surface area (Å²) < 4.78 is 0. The maximum absolute atomic E-state index is 13.1. The summed E-state index contributed by atoms with van der Waals surface area (Å²) in [5.41, 5.74) is 2.18. The van der Waals surface area contributed by atoms with E-state index in [-0.39, 0.29) is 23.9 Å². The van der Waals surface area contributed by atoms with Gasteiger partial charge in [0.05, 0.1) is 6.54 Å². The van der Waals surface area contributed by atoms with Crippen LogP contribution in [0.25, 0.3) is 0 Å². The summed E-state index contributed by atoms with van der Waals surface area (Å²) in [4.78, 5) is 31.0. The van der Waals surface area contributed by atoms with Gasteiger partial charge in [-0.2, -0.15) is 0 Å². The predicted molar refractivity (Wildman–Crippen MR) is 104 cm³/mol. The zero-order chi connectivity index (χ0) is 19.3. The lowest BCUT2D eigenvalue weighted by atomic mass is 10.0. The Morgan fingerprint density at radius 1 is 1.15 bits per heavy atom. The van der Waals surface area contributed by atoms with Crippen molar-refractivity contribution in [1.29, 1.82) is 0 Å². The summed E-state index contributed by atoms with van der Waals surface area (Å²) in [6.45, 7) is 9.13. The molecule has 1 fully saturated rings. The number of piperazine rings is 1. The lowest BCUT2D eigenvalue weighted by Crippen LogP contribution is -2.53. The monoisotopic (exact) mass is 360 g/mol. The lowest BCUT2D eigenvalue weighted by molar-refractivity contribution is -0.138. The van der Waals surface area contributed by atoms with E-state index in [1.54, 1.807) is 0 Å². The second kappa shape index (κ2) is 9.14. The Kier molecular flexibility index (Phi) is 7.17. The van der Waals surface area contributed by atoms with Crippen molar-refractivity contribution >= 4 is 11.8 Å². The third-order valence-electron chi connectivity index (χ3n) is 4.61. The van der Waals surface area contributed by atoms with Crippen LogP contribution in [0.15, 0.2) is 24.3 Å². The summed E-state index contributed by atoms with van der Waals surface area (Å²) in [6, 6.07) is 8.02. The third kappa shape index (κ3) is 5.54. The first-order valence-corrected chi connectivity index (χ1v) is 9.31. The Bertz CT molecular complexity index is 622. The van der Waals surface area contributed by atoms with Crippen LogP contribution in [-0.2, 0) is 9.59 Å². The van der Waals surface area contributed by atoms with Crippen LogP contribution >= 0.6 is 0 Å². The molecule has 1 aromatic carbocycles. The van der Waals surface area contributed by atoms with Gasteiger partial charge in [-0.1, -0.05) is 29.8 Å². The molecule has 2 amide bonds. The fraction of sp³-hybridized carbons (Fsp3) is 0.600. The van der Waals surface area contributed by atoms with Crippen molar-refractivity contribution in [3.8, 4) is 0 Å². The van der Waals surface area contributed by atoms with Gasteiger partial charge in [-0.05, 0) is 40.4 Å². The average molecular weight is 361 g/mol. The van der Waals surface area contributed by atoms with Crippen molar-refractivity contribution < 1.29 is 9.59 Å². The van der Waals surface area contributed by atoms with Gasteiger partial charge in [-0.15, -0.1) is 0 Å². The molecule has 1 N–H and O–H groups in total. The first-order chi connectivity index (χ1) is 12.3. The average Bonchev–Trinajstić information content (AvgIpc) is 2.54. The van der Waals surface area contributed by atoms with Gasteiger partial charge in [0.25, 0.3) is 0 Å². The molecule has 0 aliphatic carbocycles. The Balaban J connectivity index is 1.96. The van der Waals surface area contributed by atoms with Gasteiger partial charge in [-0.25, -0.2) is 0 Å². The number of likely N-dealkylation sites (N-methyl/N-ethyl adjacent to an activating group) is 1. The van der Waals surface area contributed by atoms with E-state index in [0.29, 0.717) is 19.6 Å². The SMILES string of the molecule is Cc1cccc(C(C(=O)N2CCN(CC(=O)NC(C)C)CC2)N(C)C)c1. The minimum Gasteiger partial charge on any atom is -0.353 e. The van der Waals surface area contributed by atoms with Crippen molar-refractivity contribution in [2.24, 2.45) is 0 Å². The fourth-order valence-electron chi connectivity index (χ4n) is 3.37. The van der Waals surface area contributed by atoms with Crippen LogP contribution in [0.3, 0.4) is 0 Å². The van der Waals surface area contributed by atoms with E-state index in [1.165, 1.54) is 0 Å². The molecule has 1 atom stereocenters. The van der Waals surface area contributed by atoms with Crippen molar-refractivity contribution in [2.75, 3.05) is 46.8 Å². The Morgan fingerprint density at radius 3 is 2.35 bits per heavy atom. The first kappa shape index (κ1) is 20.4. The van der Waals surface area contributed by atoms with Gasteiger partial charge >= 0.3 is 0 Å². The quantitative estimate of drug-likeness (QED) is 0.830. The zero-order valence-electron chi connectivity index (χ0n) is 16.7. The molecule has 1 heterocycles. The molecular weight excluding hydrogens is 328 g/mol. The van der Waals surface area contributed by atoms with Crippen molar-refractivity contribution in [2.45, 2.75) is 32.9 Å². The normalized spacial score (nSPS) is 16.8. The molecule has 1 aliphatic rings. The van der Waals surface area contributed by atoms with Gasteiger partial charge in [-0.3, -0.25) is 19.4 Å². The molecule has 2 rings (SSSR count). The lowest BCUT2D eigenvalue weighted by Gasteiger charge is -2.37. The Labute approximate surface area is 157 Å². The van der Waals surface area contributed by atoms with Crippen molar-refractivity contribution in [3.05, 3.63) is 35.4 Å². The molecule has 0 bridgehead atoms. The maximum atomic E-state index is 13.1. The van der Waals surface area contributed by atoms with Gasteiger partial charge in [0.1, 0.15) is 6.04 Å². The second-order valence-corrected chi connectivity index (χ2v) is 7.60. The molecule has 6 nitrogen and oxygen atoms in total. The molecule has 26 heavy (non-hydrogen) atoms. The molecule has 0 saturated carbocycles. The van der Waals surface area contributed by atoms with E-state index in [0.717, 1.165) is 24.2 Å². The molecular formula is C20H32N4O2. The van der Waals surface area contributed by atoms with E-state index in [1.807, 2.05) is 62.9 Å². The van der Waals surface area contributed by atoms with Gasteiger partial charge in [0.15, 0.2) is 0 Å². The van der Waals surface area contributed by atoms with E-state index in [2.05, 4.69) is 16.3 Å². The summed E-state index contributed by atoms with van der Waals surface area (Å²) in [5, 5.41) is 2.92. The largest absolute Gasteiger partial charge is 0.353 e. The van der Waals surface area contributed by atoms with Crippen molar-refractivity contribution in [3.63, 3.8) is 0 Å². The number of aryl methyl sites for hydroxylation is 1. The summed E-state index contributed by atoms with van der Waals surface area (Å²) >= 11 is 0. The Hall–Kier alpha value is -1.92. The van der Waals surface area contributed by atoms with E-state index >= 15 is 0 Å². The molecule has 1 unspecified atom stereocenters. The number of carbonyl (C=O) groups is 2. The predicted octanol–water partition coefficient (Wildman–Crippen LogP) is 1.27. The third-order valence-corrected chi connectivity index (χ3v) is 4.61. The molecule has 0 radical (unpaired) electrons. The summed E-state index contributed by atoms with van der Waals surface area (Å²) in [7, 11) is 3.88. The highest BCUT2D eigenvalue weighted by Crippen LogP contribution is 2.22. The van der Waals surface area contributed by atoms with E-state index in [4.69, 9.17) is 0 Å². The molecule has 1 aromatic rings. The molecule has 1 saturated heterocycles. The highest BCUT2D eigenvalue weighted by Gasteiger charge is 2.30. The topological polar surface area (TPSA) is 55.9 Å². The minimum absolute atomic E-state index is 0.0469. The van der Waals surface area contributed by atoms with Crippen LogP contribution < -0.4 is 5.32 Å². The number of carbonyl (C=O) groups excluding carboxylic acids is 2. The Morgan fingerprint density at radius 2 is 1.81 bits per heavy atom. The molecule has 6 heteroatoms. The number of hydrogen-bond donors (Lipinski definition) is 1. The van der Waals surface area contributed by atoms with Crippen LogP contribution in [0.2, 0.25) is 0 Å². The van der Waals surface area contributed by atoms with Gasteiger partial charge < -0.3 is 10.2 Å². The molecule has 1 aliphatic heterocycles. The number of hydrogen-bond acceptors (Lipinski definition) is 4. The standard InChI is InChI=1S/C20H32N4O2/c1-15(2)21-18(25)14-23-9-11-24(12-10-23)20(26)19(22(4)5)17-8-6-7-16(3)13-17/h6-8,13,15,19H,9-12,14H2,1-5H3,(H,21,25). The number of amides is 2. The van der Waals surface area contributed by atoms with Crippen LogP contribution in [0, 0.1) is 6.92 Å². The van der Waals surface area contributed by atoms with Crippen LogP contribution in [0.1, 0.15) is 31.0 Å². The smallest absolute Gasteiger partial charge is 0.244 e. The minimum atomic E-state index is -0.273. The molecule has 0 spiro atoms. The first-order valence-electron chi connectivity index (χ1n) is 9.31. The highest BCUT2D eigenvalue weighted by molar-refractivity contribution is 5.83. The van der Waals surface area contributed by atoms with Crippen molar-refractivity contribution in [1.82, 2.24) is 20.0 Å². The van der Waals surface area contributed by atoms with Crippen LogP contribution in [0.5, 0.6) is 0 Å². The number of nitrogens with zero attached hydrogens (tertiary/aromatic N) is 3. The highest BCUT2D eigenvalue weighted by atomic mass is 16.2. The number of rotatable bonds is 6. The van der Waals surface area contributed by atoms with Gasteiger partial charge in [0.2, 0.25) is 11.8 Å². The number of benzene rings is 1. The molecule has 0 aromatic heterocycles. The van der Waals surface area contributed by atoms with Crippen LogP contribution in [-0.4, -0.2) is 79.4 Å².